The summed E-state index contributed by atoms with van der Waals surface area (Å²) in [5.41, 5.74) is 5.91. The summed E-state index contributed by atoms with van der Waals surface area (Å²) in [5.74, 6) is -1.70. The van der Waals surface area contributed by atoms with Gasteiger partial charge in [0.15, 0.2) is 0 Å². The number of benzene rings is 3. The summed E-state index contributed by atoms with van der Waals surface area (Å²) in [5, 5.41) is 14.4. The van der Waals surface area contributed by atoms with Crippen molar-refractivity contribution in [2.45, 2.75) is 31.7 Å². The van der Waals surface area contributed by atoms with E-state index in [1.165, 1.54) is 0 Å². The quantitative estimate of drug-likeness (QED) is 0.354. The van der Waals surface area contributed by atoms with Gasteiger partial charge in [0.25, 0.3) is 0 Å². The first-order chi connectivity index (χ1) is 16.8. The fourth-order valence-corrected chi connectivity index (χ4v) is 4.60. The van der Waals surface area contributed by atoms with E-state index < -0.39 is 24.0 Å². The summed E-state index contributed by atoms with van der Waals surface area (Å²) in [6, 6.07) is 20.2. The first-order valence-corrected chi connectivity index (χ1v) is 12.0. The molecule has 0 aliphatic heterocycles. The Bertz CT molecular complexity index is 1230. The number of halogens is 1. The second-order valence-corrected chi connectivity index (χ2v) is 9.26. The van der Waals surface area contributed by atoms with Crippen LogP contribution in [0.5, 0.6) is 0 Å². The Kier molecular flexibility index (Phi) is 7.51. The average molecular weight is 537 g/mol. The first kappa shape index (κ1) is 24.5. The molecule has 7 nitrogen and oxygen atoms in total. The second kappa shape index (κ2) is 10.7. The van der Waals surface area contributed by atoms with Crippen LogP contribution in [0.1, 0.15) is 35.4 Å². The van der Waals surface area contributed by atoms with Crippen molar-refractivity contribution in [3.8, 4) is 11.1 Å². The number of amides is 2. The SMILES string of the molecule is Cc1ccc(NC(=O)C(CCC(=O)O)NC(=O)OCC2c3ccccc3-c3ccccc32)cc1Br. The lowest BCUT2D eigenvalue weighted by Crippen LogP contribution is -2.44. The van der Waals surface area contributed by atoms with Gasteiger partial charge in [0, 0.05) is 22.5 Å². The Morgan fingerprint density at radius 2 is 1.63 bits per heavy atom. The highest BCUT2D eigenvalue weighted by Crippen LogP contribution is 2.44. The molecule has 4 rings (SSSR count). The van der Waals surface area contributed by atoms with Crippen LogP contribution >= 0.6 is 15.9 Å². The zero-order chi connectivity index (χ0) is 24.9. The molecule has 0 radical (unpaired) electrons. The maximum Gasteiger partial charge on any atom is 0.407 e. The minimum atomic E-state index is -1.07. The molecular formula is C27H25BrN2O5. The van der Waals surface area contributed by atoms with E-state index in [1.807, 2.05) is 61.5 Å². The number of rotatable bonds is 8. The number of aliphatic carboxylic acids is 1. The lowest BCUT2D eigenvalue weighted by atomic mass is 9.98. The van der Waals surface area contributed by atoms with Gasteiger partial charge in [0.2, 0.25) is 5.91 Å². The summed E-state index contributed by atoms with van der Waals surface area (Å²) in [7, 11) is 0. The zero-order valence-corrected chi connectivity index (χ0v) is 20.7. The molecule has 2 amide bonds. The van der Waals surface area contributed by atoms with Crippen LogP contribution in [0, 0.1) is 6.92 Å². The van der Waals surface area contributed by atoms with Crippen LogP contribution in [0.2, 0.25) is 0 Å². The number of nitrogens with one attached hydrogen (secondary N) is 2. The van der Waals surface area contributed by atoms with Crippen LogP contribution in [0.4, 0.5) is 10.5 Å². The van der Waals surface area contributed by atoms with Gasteiger partial charge in [-0.3, -0.25) is 9.59 Å². The van der Waals surface area contributed by atoms with Gasteiger partial charge in [-0.05, 0) is 53.3 Å². The number of carboxylic acids is 1. The summed E-state index contributed by atoms with van der Waals surface area (Å²) >= 11 is 3.42. The molecule has 0 fully saturated rings. The van der Waals surface area contributed by atoms with Gasteiger partial charge >= 0.3 is 12.1 Å². The molecule has 8 heteroatoms. The van der Waals surface area contributed by atoms with Crippen molar-refractivity contribution in [3.63, 3.8) is 0 Å². The summed E-state index contributed by atoms with van der Waals surface area (Å²) in [6.45, 7) is 2.02. The molecule has 180 valence electrons. The maximum absolute atomic E-state index is 12.9. The summed E-state index contributed by atoms with van der Waals surface area (Å²) in [4.78, 5) is 36.6. The van der Waals surface area contributed by atoms with Gasteiger partial charge in [-0.1, -0.05) is 70.5 Å². The number of hydrogen-bond acceptors (Lipinski definition) is 4. The Hall–Kier alpha value is -3.65. The largest absolute Gasteiger partial charge is 0.481 e. The first-order valence-electron chi connectivity index (χ1n) is 11.2. The number of anilines is 1. The Morgan fingerprint density at radius 3 is 2.23 bits per heavy atom. The van der Waals surface area contributed by atoms with Gasteiger partial charge in [-0.15, -0.1) is 0 Å². The zero-order valence-electron chi connectivity index (χ0n) is 19.1. The predicted octanol–water partition coefficient (Wildman–Crippen LogP) is 5.47. The monoisotopic (exact) mass is 536 g/mol. The summed E-state index contributed by atoms with van der Waals surface area (Å²) in [6.07, 6.45) is -1.12. The molecule has 3 aromatic carbocycles. The van der Waals surface area contributed by atoms with Crippen LogP contribution in [-0.4, -0.2) is 35.7 Å². The third-order valence-electron chi connectivity index (χ3n) is 6.04. The molecule has 35 heavy (non-hydrogen) atoms. The van der Waals surface area contributed by atoms with E-state index >= 15 is 0 Å². The molecule has 0 saturated carbocycles. The van der Waals surface area contributed by atoms with Gasteiger partial charge in [0.1, 0.15) is 12.6 Å². The highest BCUT2D eigenvalue weighted by atomic mass is 79.9. The Labute approximate surface area is 211 Å². The molecule has 1 unspecified atom stereocenters. The molecule has 3 N–H and O–H groups in total. The second-order valence-electron chi connectivity index (χ2n) is 8.41. The molecule has 0 bridgehead atoms. The normalized spacial score (nSPS) is 12.9. The minimum absolute atomic E-state index is 0.0710. The van der Waals surface area contributed by atoms with Crippen molar-refractivity contribution in [1.82, 2.24) is 5.32 Å². The van der Waals surface area contributed by atoms with E-state index in [4.69, 9.17) is 9.84 Å². The predicted molar refractivity (Wildman–Crippen MR) is 136 cm³/mol. The van der Waals surface area contributed by atoms with Crippen molar-refractivity contribution in [1.29, 1.82) is 0 Å². The smallest absolute Gasteiger partial charge is 0.407 e. The van der Waals surface area contributed by atoms with E-state index in [9.17, 15) is 14.4 Å². The Morgan fingerprint density at radius 1 is 1.00 bits per heavy atom. The minimum Gasteiger partial charge on any atom is -0.481 e. The number of hydrogen-bond donors (Lipinski definition) is 3. The number of aryl methyl sites for hydroxylation is 1. The molecule has 1 aliphatic carbocycles. The van der Waals surface area contributed by atoms with Crippen LogP contribution in [0.25, 0.3) is 11.1 Å². The fraction of sp³-hybridized carbons (Fsp3) is 0.222. The van der Waals surface area contributed by atoms with E-state index in [2.05, 4.69) is 26.6 Å². The number of carbonyl (C=O) groups excluding carboxylic acids is 2. The average Bonchev–Trinajstić information content (AvgIpc) is 3.16. The molecule has 1 atom stereocenters. The third-order valence-corrected chi connectivity index (χ3v) is 6.89. The van der Waals surface area contributed by atoms with E-state index in [1.54, 1.807) is 12.1 Å². The standard InChI is InChI=1S/C27H25BrN2O5/c1-16-10-11-17(14-23(16)28)29-26(33)24(12-13-25(31)32)30-27(34)35-15-22-20-8-4-2-6-18(20)19-7-3-5-9-21(19)22/h2-11,14,22,24H,12-13,15H2,1H3,(H,29,33)(H,30,34)(H,31,32). The number of alkyl carbamates (subject to hydrolysis) is 1. The van der Waals surface area contributed by atoms with Gasteiger partial charge in [0.05, 0.1) is 0 Å². The van der Waals surface area contributed by atoms with Gasteiger partial charge in [-0.2, -0.15) is 0 Å². The fourth-order valence-electron chi connectivity index (χ4n) is 4.22. The highest BCUT2D eigenvalue weighted by Gasteiger charge is 2.30. The lowest BCUT2D eigenvalue weighted by molar-refractivity contribution is -0.137. The number of ether oxygens (including phenoxy) is 1. The van der Waals surface area contributed by atoms with Crippen molar-refractivity contribution >= 4 is 39.6 Å². The molecule has 0 heterocycles. The van der Waals surface area contributed by atoms with E-state index in [0.29, 0.717) is 5.69 Å². The van der Waals surface area contributed by atoms with E-state index in [-0.39, 0.29) is 25.4 Å². The molecule has 0 spiro atoms. The topological polar surface area (TPSA) is 105 Å². The molecule has 1 aliphatic rings. The number of carboxylic acid groups (broad SMARTS) is 1. The van der Waals surface area contributed by atoms with Gasteiger partial charge < -0.3 is 20.5 Å². The molecule has 3 aromatic rings. The van der Waals surface area contributed by atoms with Crippen molar-refractivity contribution in [2.75, 3.05) is 11.9 Å². The van der Waals surface area contributed by atoms with Crippen molar-refractivity contribution in [3.05, 3.63) is 87.9 Å². The molecule has 0 aromatic heterocycles. The van der Waals surface area contributed by atoms with Crippen LogP contribution < -0.4 is 10.6 Å². The van der Waals surface area contributed by atoms with Crippen LogP contribution in [-0.2, 0) is 14.3 Å². The highest BCUT2D eigenvalue weighted by molar-refractivity contribution is 9.10. The molecule has 0 saturated heterocycles. The third kappa shape index (κ3) is 5.71. The Balaban J connectivity index is 1.43. The summed E-state index contributed by atoms with van der Waals surface area (Å²) < 4.78 is 6.35. The van der Waals surface area contributed by atoms with E-state index in [0.717, 1.165) is 32.3 Å². The van der Waals surface area contributed by atoms with Crippen LogP contribution in [0.3, 0.4) is 0 Å². The van der Waals surface area contributed by atoms with Crippen molar-refractivity contribution < 1.29 is 24.2 Å². The van der Waals surface area contributed by atoms with Crippen LogP contribution in [0.15, 0.2) is 71.2 Å². The number of carbonyl (C=O) groups is 3. The lowest BCUT2D eigenvalue weighted by Gasteiger charge is -2.19. The van der Waals surface area contributed by atoms with Crippen molar-refractivity contribution in [2.24, 2.45) is 0 Å². The molecular weight excluding hydrogens is 512 g/mol. The maximum atomic E-state index is 12.9. The number of fused-ring (bicyclic) bond motifs is 3. The van der Waals surface area contributed by atoms with Gasteiger partial charge in [-0.25, -0.2) is 4.79 Å².